The second-order valence-electron chi connectivity index (χ2n) is 6.97. The first-order chi connectivity index (χ1) is 14.2. The Balaban J connectivity index is 2.01. The van der Waals surface area contributed by atoms with Crippen LogP contribution in [-0.2, 0) is 14.8 Å². The van der Waals surface area contributed by atoms with Crippen molar-refractivity contribution < 1.29 is 17.9 Å². The Hall–Kier alpha value is -2.64. The van der Waals surface area contributed by atoms with E-state index >= 15 is 0 Å². The van der Waals surface area contributed by atoms with Gasteiger partial charge in [0.25, 0.3) is 15.9 Å². The van der Waals surface area contributed by atoms with Crippen molar-refractivity contribution in [1.82, 2.24) is 0 Å². The molecule has 7 heteroatoms. The fourth-order valence-corrected chi connectivity index (χ4v) is 4.69. The molecule has 0 heterocycles. The number of carbonyl (C=O) groups excluding carboxylic acids is 1. The highest BCUT2D eigenvalue weighted by atomic mass is 79.9. The first-order valence-electron chi connectivity index (χ1n) is 9.33. The van der Waals surface area contributed by atoms with Gasteiger partial charge in [0.2, 0.25) is 0 Å². The van der Waals surface area contributed by atoms with Crippen molar-refractivity contribution in [2.24, 2.45) is 0 Å². The molecular formula is C23H22BrNO4S. The summed E-state index contributed by atoms with van der Waals surface area (Å²) in [6.07, 6.45) is -1.03. The van der Waals surface area contributed by atoms with Gasteiger partial charge in [-0.05, 0) is 63.2 Å². The van der Waals surface area contributed by atoms with Crippen LogP contribution in [0.1, 0.15) is 18.1 Å². The Labute approximate surface area is 185 Å². The maximum Gasteiger partial charge on any atom is 0.281 e. The van der Waals surface area contributed by atoms with E-state index in [0.717, 1.165) is 19.9 Å². The second-order valence-corrected chi connectivity index (χ2v) is 9.68. The van der Waals surface area contributed by atoms with E-state index in [4.69, 9.17) is 4.74 Å². The second kappa shape index (κ2) is 9.02. The molecule has 0 N–H and O–H groups in total. The standard InChI is InChI=1S/C23H22BrNO4S/c1-16-7-11-20(12-8-16)25(30(27,28)22-13-9-17(2)10-14-22)23(26)18(3)29-21-6-4-5-19(24)15-21/h4-15,18H,1-3H3. The average molecular weight is 488 g/mol. The zero-order valence-electron chi connectivity index (χ0n) is 16.9. The SMILES string of the molecule is Cc1ccc(N(C(=O)C(C)Oc2cccc(Br)c2)S(=O)(=O)c2ccc(C)cc2)cc1. The number of hydrogen-bond donors (Lipinski definition) is 0. The summed E-state index contributed by atoms with van der Waals surface area (Å²) in [5, 5.41) is 0. The maximum absolute atomic E-state index is 13.4. The number of hydrogen-bond acceptors (Lipinski definition) is 4. The molecule has 30 heavy (non-hydrogen) atoms. The number of anilines is 1. The number of carbonyl (C=O) groups is 1. The molecule has 0 fully saturated rings. The molecule has 0 saturated carbocycles. The van der Waals surface area contributed by atoms with Crippen LogP contribution in [0.2, 0.25) is 0 Å². The average Bonchev–Trinajstić information content (AvgIpc) is 2.69. The lowest BCUT2D eigenvalue weighted by Gasteiger charge is -2.26. The molecule has 0 aliphatic carbocycles. The monoisotopic (exact) mass is 487 g/mol. The number of benzene rings is 3. The van der Waals surface area contributed by atoms with Crippen molar-refractivity contribution in [2.45, 2.75) is 31.8 Å². The van der Waals surface area contributed by atoms with Gasteiger partial charge < -0.3 is 4.74 Å². The van der Waals surface area contributed by atoms with Gasteiger partial charge in [-0.2, -0.15) is 4.31 Å². The molecule has 1 unspecified atom stereocenters. The molecular weight excluding hydrogens is 466 g/mol. The largest absolute Gasteiger partial charge is 0.481 e. The summed E-state index contributed by atoms with van der Waals surface area (Å²) < 4.78 is 34.2. The molecule has 0 bridgehead atoms. The van der Waals surface area contributed by atoms with Gasteiger partial charge in [0.1, 0.15) is 5.75 Å². The number of amides is 1. The summed E-state index contributed by atoms with van der Waals surface area (Å²) in [6.45, 7) is 5.30. The summed E-state index contributed by atoms with van der Waals surface area (Å²) in [5.74, 6) is -0.221. The van der Waals surface area contributed by atoms with Crippen LogP contribution in [0.5, 0.6) is 5.75 Å². The van der Waals surface area contributed by atoms with Crippen LogP contribution in [0.3, 0.4) is 0 Å². The van der Waals surface area contributed by atoms with Crippen LogP contribution in [-0.4, -0.2) is 20.4 Å². The third-order valence-electron chi connectivity index (χ3n) is 4.48. The molecule has 1 atom stereocenters. The van der Waals surface area contributed by atoms with Gasteiger partial charge in [0.05, 0.1) is 10.6 Å². The lowest BCUT2D eigenvalue weighted by molar-refractivity contribution is -0.123. The molecule has 3 aromatic rings. The Bertz CT molecular complexity index is 1140. The van der Waals surface area contributed by atoms with Crippen molar-refractivity contribution >= 4 is 37.5 Å². The zero-order chi connectivity index (χ0) is 21.9. The molecule has 0 spiro atoms. The molecule has 5 nitrogen and oxygen atoms in total. The van der Waals surface area contributed by atoms with Crippen LogP contribution in [0, 0.1) is 13.8 Å². The summed E-state index contributed by atoms with van der Waals surface area (Å²) in [6, 6.07) is 20.2. The van der Waals surface area contributed by atoms with Crippen molar-refractivity contribution in [3.63, 3.8) is 0 Å². The first-order valence-corrected chi connectivity index (χ1v) is 11.6. The van der Waals surface area contributed by atoms with Gasteiger partial charge in [0, 0.05) is 4.47 Å². The maximum atomic E-state index is 13.4. The summed E-state index contributed by atoms with van der Waals surface area (Å²) in [5.41, 5.74) is 2.14. The van der Waals surface area contributed by atoms with Gasteiger partial charge in [-0.1, -0.05) is 57.4 Å². The molecule has 0 aliphatic rings. The molecule has 0 aliphatic heterocycles. The highest BCUT2D eigenvalue weighted by Crippen LogP contribution is 2.27. The summed E-state index contributed by atoms with van der Waals surface area (Å²) in [7, 11) is -4.13. The van der Waals surface area contributed by atoms with Crippen molar-refractivity contribution in [1.29, 1.82) is 0 Å². The van der Waals surface area contributed by atoms with Crippen LogP contribution in [0.4, 0.5) is 5.69 Å². The zero-order valence-corrected chi connectivity index (χ0v) is 19.3. The molecule has 0 saturated heterocycles. The molecule has 3 rings (SSSR count). The van der Waals surface area contributed by atoms with E-state index in [9.17, 15) is 13.2 Å². The normalized spacial score (nSPS) is 12.3. The fourth-order valence-electron chi connectivity index (χ4n) is 2.84. The smallest absolute Gasteiger partial charge is 0.281 e. The number of ether oxygens (including phenoxy) is 1. The highest BCUT2D eigenvalue weighted by molar-refractivity contribution is 9.10. The number of nitrogens with zero attached hydrogens (tertiary/aromatic N) is 1. The lowest BCUT2D eigenvalue weighted by atomic mass is 10.2. The van der Waals surface area contributed by atoms with Gasteiger partial charge in [-0.3, -0.25) is 4.79 Å². The fraction of sp³-hybridized carbons (Fsp3) is 0.174. The minimum absolute atomic E-state index is 0.0386. The van der Waals surface area contributed by atoms with Gasteiger partial charge in [-0.15, -0.1) is 0 Å². The molecule has 0 aromatic heterocycles. The van der Waals surface area contributed by atoms with Gasteiger partial charge in [-0.25, -0.2) is 8.42 Å². The van der Waals surface area contributed by atoms with E-state index in [1.807, 2.05) is 19.9 Å². The summed E-state index contributed by atoms with van der Waals surface area (Å²) >= 11 is 3.36. The minimum Gasteiger partial charge on any atom is -0.481 e. The number of halogens is 1. The van der Waals surface area contributed by atoms with E-state index in [1.54, 1.807) is 54.6 Å². The van der Waals surface area contributed by atoms with E-state index in [-0.39, 0.29) is 10.6 Å². The quantitative estimate of drug-likeness (QED) is 0.475. The van der Waals surface area contributed by atoms with Crippen molar-refractivity contribution in [2.75, 3.05) is 4.31 Å². The van der Waals surface area contributed by atoms with Crippen molar-refractivity contribution in [3.05, 3.63) is 88.4 Å². The molecule has 3 aromatic carbocycles. The number of sulfonamides is 1. The predicted octanol–water partition coefficient (Wildman–Crippen LogP) is 5.26. The predicted molar refractivity (Wildman–Crippen MR) is 121 cm³/mol. The Morgan fingerprint density at radius 3 is 2.07 bits per heavy atom. The van der Waals surface area contributed by atoms with Crippen LogP contribution >= 0.6 is 15.9 Å². The Kier molecular flexibility index (Phi) is 6.63. The topological polar surface area (TPSA) is 63.7 Å². The minimum atomic E-state index is -4.13. The van der Waals surface area contributed by atoms with Crippen LogP contribution in [0.25, 0.3) is 0 Å². The summed E-state index contributed by atoms with van der Waals surface area (Å²) in [4.78, 5) is 13.4. The Morgan fingerprint density at radius 1 is 0.933 bits per heavy atom. The van der Waals surface area contributed by atoms with E-state index in [1.165, 1.54) is 19.1 Å². The molecule has 156 valence electrons. The van der Waals surface area contributed by atoms with Crippen LogP contribution < -0.4 is 9.04 Å². The number of aryl methyl sites for hydroxylation is 2. The number of rotatable bonds is 6. The third kappa shape index (κ3) is 4.91. The molecule has 0 radical (unpaired) electrons. The Morgan fingerprint density at radius 2 is 1.50 bits per heavy atom. The van der Waals surface area contributed by atoms with Crippen molar-refractivity contribution in [3.8, 4) is 5.75 Å². The van der Waals surface area contributed by atoms with Gasteiger partial charge >= 0.3 is 0 Å². The third-order valence-corrected chi connectivity index (χ3v) is 6.72. The first kappa shape index (κ1) is 22.1. The van der Waals surface area contributed by atoms with E-state index < -0.39 is 22.0 Å². The van der Waals surface area contributed by atoms with Crippen LogP contribution in [0.15, 0.2) is 82.2 Å². The van der Waals surface area contributed by atoms with Gasteiger partial charge in [0.15, 0.2) is 6.10 Å². The van der Waals surface area contributed by atoms with E-state index in [0.29, 0.717) is 5.75 Å². The van der Waals surface area contributed by atoms with E-state index in [2.05, 4.69) is 15.9 Å². The highest BCUT2D eigenvalue weighted by Gasteiger charge is 2.34. The lowest BCUT2D eigenvalue weighted by Crippen LogP contribution is -2.44. The molecule has 1 amide bonds.